The molecule has 1 aromatic rings. The summed E-state index contributed by atoms with van der Waals surface area (Å²) in [6.45, 7) is -4.13. The van der Waals surface area contributed by atoms with Crippen LogP contribution in [-0.2, 0) is 54.1 Å². The number of nitrogens with zero attached hydrogens (tertiary/aromatic N) is 7. The maximum atomic E-state index is 13.3. The first-order chi connectivity index (χ1) is 35.2. The van der Waals surface area contributed by atoms with Gasteiger partial charge in [-0.15, -0.1) is 0 Å². The summed E-state index contributed by atoms with van der Waals surface area (Å²) in [6, 6.07) is 2.21. The van der Waals surface area contributed by atoms with E-state index in [0.29, 0.717) is 11.4 Å². The van der Waals surface area contributed by atoms with E-state index < -0.39 is 154 Å². The van der Waals surface area contributed by atoms with Crippen molar-refractivity contribution in [2.45, 2.75) is 137 Å². The van der Waals surface area contributed by atoms with E-state index >= 15 is 0 Å². The van der Waals surface area contributed by atoms with Crippen LogP contribution in [0.15, 0.2) is 18.2 Å². The van der Waals surface area contributed by atoms with Gasteiger partial charge < -0.3 is 106 Å². The van der Waals surface area contributed by atoms with Gasteiger partial charge in [0.25, 0.3) is 0 Å². The van der Waals surface area contributed by atoms with Gasteiger partial charge in [-0.05, 0) is 37.9 Å². The van der Waals surface area contributed by atoms with Crippen LogP contribution in [0, 0.1) is 0 Å². The fourth-order valence-corrected chi connectivity index (χ4v) is 8.32. The number of carbonyl (C=O) groups is 5. The van der Waals surface area contributed by atoms with Crippen LogP contribution < -0.4 is 0 Å². The Labute approximate surface area is 450 Å². The molecule has 2 unspecified atom stereocenters. The molecule has 0 aliphatic carbocycles. The van der Waals surface area contributed by atoms with Crippen LogP contribution in [0.2, 0.25) is 0 Å². The molecule has 0 fully saturated rings. The van der Waals surface area contributed by atoms with Gasteiger partial charge in [0.1, 0.15) is 85.3 Å². The standard InChI is InChI=1S/C46H81N7O22.Mn/c1-48(20-30(57)39(66)42(69)33(60)23-54)36(63)8-5-13-51-14-16-52(28(45(72)73)9-11-37(64)49(2)21-31(58)40(67)43(70)34(61)24-55)18-26-6-4-7-27(47-26)19-53(17-15-51)29(46(74)75)10-12-38(65)50(3)22-32(59)41(68)44(71)35(62)25-56;/h4,6-7,28-35,39-44,54-62,66-71H,5,8-25H2,1-3H3,(H,72,73)(H,74,75);/t28?,29?,30-,31-,32-,33+,34+,35+,39+,40+,41+,42+,43+,44+;/m0./s1. The molecule has 14 atom stereocenters. The van der Waals surface area contributed by atoms with Crippen molar-refractivity contribution >= 4 is 29.7 Å². The van der Waals surface area contributed by atoms with Crippen molar-refractivity contribution in [3.05, 3.63) is 29.6 Å². The van der Waals surface area contributed by atoms with E-state index in [9.17, 15) is 95.5 Å². The molecule has 0 saturated carbocycles. The monoisotopic (exact) mass is 1140 g/mol. The van der Waals surface area contributed by atoms with Crippen LogP contribution in [0.25, 0.3) is 0 Å². The summed E-state index contributed by atoms with van der Waals surface area (Å²) < 4.78 is 0. The molecule has 1 aromatic heterocycles. The zero-order chi connectivity index (χ0) is 56.9. The summed E-state index contributed by atoms with van der Waals surface area (Å²) >= 11 is 0. The molecular weight excluding hydrogens is 1060 g/mol. The molecule has 29 nitrogen and oxygen atoms in total. The minimum absolute atomic E-state index is 0. The van der Waals surface area contributed by atoms with Crippen molar-refractivity contribution in [2.24, 2.45) is 0 Å². The number of fused-ring (bicyclic) bond motifs is 2. The zero-order valence-electron chi connectivity index (χ0n) is 42.9. The number of amides is 3. The van der Waals surface area contributed by atoms with Crippen LogP contribution >= 0.6 is 0 Å². The molecule has 439 valence electrons. The second-order valence-electron chi connectivity index (χ2n) is 19.0. The number of aromatic nitrogens is 1. The Kier molecular flexibility index (Phi) is 32.4. The van der Waals surface area contributed by atoms with Gasteiger partial charge in [0.2, 0.25) is 17.7 Å². The van der Waals surface area contributed by atoms with Gasteiger partial charge >= 0.3 is 11.9 Å². The van der Waals surface area contributed by atoms with Gasteiger partial charge in [-0.3, -0.25) is 38.8 Å². The van der Waals surface area contributed by atoms with Gasteiger partial charge in [-0.1, -0.05) is 6.07 Å². The number of pyridine rings is 1. The van der Waals surface area contributed by atoms with E-state index in [1.54, 1.807) is 28.0 Å². The van der Waals surface area contributed by atoms with Crippen LogP contribution in [0.5, 0.6) is 0 Å². The van der Waals surface area contributed by atoms with E-state index in [0.717, 1.165) is 14.7 Å². The Hall–Kier alpha value is -3.70. The zero-order valence-corrected chi connectivity index (χ0v) is 44.1. The third-order valence-corrected chi connectivity index (χ3v) is 13.2. The summed E-state index contributed by atoms with van der Waals surface area (Å²) in [4.78, 5) is 78.5. The molecule has 0 spiro atoms. The smallest absolute Gasteiger partial charge is 0.320 e. The minimum atomic E-state index is -1.95. The quantitative estimate of drug-likeness (QED) is 0.0298. The third-order valence-electron chi connectivity index (χ3n) is 13.2. The first-order valence-electron chi connectivity index (χ1n) is 24.5. The predicted molar refractivity (Wildman–Crippen MR) is 258 cm³/mol. The number of carboxylic acid groups (broad SMARTS) is 2. The Morgan fingerprint density at radius 3 is 1.11 bits per heavy atom. The maximum Gasteiger partial charge on any atom is 0.320 e. The molecule has 2 bridgehead atoms. The molecule has 30 heteroatoms. The second-order valence-corrected chi connectivity index (χ2v) is 19.0. The number of hydrogen-bond acceptors (Lipinski definition) is 24. The van der Waals surface area contributed by atoms with E-state index in [2.05, 4.69) is 0 Å². The third kappa shape index (κ3) is 22.6. The fraction of sp³-hybridized carbons (Fsp3) is 0.783. The molecule has 76 heavy (non-hydrogen) atoms. The molecule has 2 rings (SSSR count). The SMILES string of the molecule is CN(C[C@H](O)[C@@H](O)[C@H](O)[C@H](O)CO)C(=O)CCCN1CCN(C(CCC(=O)N(C)C[C@H](O)[C@@H](O)[C@H](O)[C@H](O)CO)C(=O)O)Cc2cccc(n2)CN(C(CCC(=O)N(C)C[C@H](O)[C@@H](O)[C@H](O)[C@H](O)CO)C(=O)O)CC1.[Mn]. The number of aliphatic hydroxyl groups is 15. The van der Waals surface area contributed by atoms with Crippen molar-refractivity contribution in [2.75, 3.05) is 93.3 Å². The van der Waals surface area contributed by atoms with Crippen molar-refractivity contribution in [3.63, 3.8) is 0 Å². The number of aliphatic hydroxyl groups excluding tert-OH is 15. The molecule has 2 heterocycles. The normalized spacial score (nSPS) is 19.7. The topological polar surface area (TPSA) is 462 Å². The molecule has 17 N–H and O–H groups in total. The maximum absolute atomic E-state index is 13.3. The van der Waals surface area contributed by atoms with Crippen molar-refractivity contribution in [1.82, 2.24) is 34.4 Å². The van der Waals surface area contributed by atoms with Gasteiger partial charge in [0.15, 0.2) is 0 Å². The van der Waals surface area contributed by atoms with Gasteiger partial charge in [-0.25, -0.2) is 0 Å². The fourth-order valence-electron chi connectivity index (χ4n) is 8.32. The van der Waals surface area contributed by atoms with Gasteiger partial charge in [0, 0.05) is 116 Å². The van der Waals surface area contributed by atoms with Crippen molar-refractivity contribution < 1.29 is 128 Å². The number of carbonyl (C=O) groups excluding carboxylic acids is 3. The van der Waals surface area contributed by atoms with E-state index in [-0.39, 0.29) is 101 Å². The van der Waals surface area contributed by atoms with Gasteiger partial charge in [0.05, 0.1) is 31.2 Å². The molecule has 0 saturated heterocycles. The summed E-state index contributed by atoms with van der Waals surface area (Å²) in [7, 11) is 3.86. The molecule has 1 aliphatic heterocycles. The first kappa shape index (κ1) is 70.3. The Balaban J connectivity index is 0.0000289. The van der Waals surface area contributed by atoms with E-state index in [1.807, 2.05) is 4.90 Å². The van der Waals surface area contributed by atoms with Crippen LogP contribution in [0.4, 0.5) is 0 Å². The minimum Gasteiger partial charge on any atom is -0.480 e. The number of rotatable bonds is 32. The molecule has 3 amide bonds. The summed E-state index contributed by atoms with van der Waals surface area (Å²) in [6.07, 6.45) is -23.5. The van der Waals surface area contributed by atoms with Crippen LogP contribution in [0.1, 0.15) is 49.9 Å². The van der Waals surface area contributed by atoms with E-state index in [1.165, 1.54) is 21.1 Å². The largest absolute Gasteiger partial charge is 0.480 e. The first-order valence-corrected chi connectivity index (χ1v) is 24.5. The predicted octanol–water partition coefficient (Wildman–Crippen LogP) is -9.07. The second kappa shape index (κ2) is 35.0. The summed E-state index contributed by atoms with van der Waals surface area (Å²) in [5.41, 5.74) is 0.714. The van der Waals surface area contributed by atoms with E-state index in [4.69, 9.17) is 20.3 Å². The number of likely N-dealkylation sites (N-methyl/N-ethyl adjacent to an activating group) is 3. The average molecular weight is 1140 g/mol. The molecule has 0 aromatic carbocycles. The Morgan fingerprint density at radius 2 is 0.803 bits per heavy atom. The number of aliphatic carboxylic acids is 2. The Bertz CT molecular complexity index is 1810. The van der Waals surface area contributed by atoms with Gasteiger partial charge in [-0.2, -0.15) is 0 Å². The molecule has 1 aliphatic rings. The molecule has 1 radical (unpaired) electrons. The van der Waals surface area contributed by atoms with Crippen LogP contribution in [0.3, 0.4) is 0 Å². The number of hydrogen-bond donors (Lipinski definition) is 17. The Morgan fingerprint density at radius 1 is 0.500 bits per heavy atom. The van der Waals surface area contributed by atoms with Crippen molar-refractivity contribution in [3.8, 4) is 0 Å². The number of carboxylic acids is 2. The van der Waals surface area contributed by atoms with Crippen LogP contribution in [-0.4, -0.2) is 330 Å². The summed E-state index contributed by atoms with van der Waals surface area (Å²) in [5.74, 6) is -4.43. The average Bonchev–Trinajstić information content (AvgIpc) is 3.37. The van der Waals surface area contributed by atoms with Crippen molar-refractivity contribution in [1.29, 1.82) is 0 Å². The summed E-state index contributed by atoms with van der Waals surface area (Å²) in [5, 5.41) is 170. The molecular formula is C46H81MnN7O22.